The standard InChI is InChI=1S/C21H13N4O3.C7H8N2.C5H6N2.C2H7N.7C2H6/c26-20-15-10-4-5-11-16(15)24-21(28-20)25(17-12-6-7-13-18(17)27-21)23-19(22-24)14-8-2-1-3-9-14;1-8-9-7-5-3-2-4-6-7;1-5-2-3-6-4-7-5;1-3-2;7*1-2/h1-13H;2-6H,1H3;2-4H,1H3;3H,1-2H3;7*1-2H3/q+1;;;;;;;;;;. The van der Waals surface area contributed by atoms with Crippen LogP contribution in [0.3, 0.4) is 0 Å². The second-order valence-electron chi connectivity index (χ2n) is 10.0. The first-order valence-corrected chi connectivity index (χ1v) is 21.7. The molecule has 1 N–H and O–H groups in total. The Morgan fingerprint density at radius 2 is 1.16 bits per heavy atom. The maximum absolute atomic E-state index is 12.7. The van der Waals surface area contributed by atoms with Crippen LogP contribution in [0.4, 0.5) is 17.1 Å². The maximum atomic E-state index is 12.7. The Hall–Kier alpha value is -6.14. The summed E-state index contributed by atoms with van der Waals surface area (Å²) in [4.78, 5) is 20.3. The number of azo groups is 3. The van der Waals surface area contributed by atoms with Crippen molar-refractivity contribution < 1.29 is 19.0 Å². The molecule has 0 saturated heterocycles. The van der Waals surface area contributed by atoms with E-state index in [2.05, 4.69) is 30.6 Å². The first kappa shape index (κ1) is 59.2. The van der Waals surface area contributed by atoms with Crippen LogP contribution in [0.15, 0.2) is 148 Å². The van der Waals surface area contributed by atoms with E-state index in [9.17, 15) is 4.79 Å². The average Bonchev–Trinajstić information content (AvgIpc) is 3.68. The summed E-state index contributed by atoms with van der Waals surface area (Å²) < 4.78 is 13.5. The van der Waals surface area contributed by atoms with Gasteiger partial charge in [-0.15, -0.1) is 10.1 Å². The van der Waals surface area contributed by atoms with Gasteiger partial charge in [-0.3, -0.25) is 0 Å². The number of aromatic nitrogens is 2. The molecular weight excluding hydrogens is 763 g/mol. The second-order valence-corrected chi connectivity index (χ2v) is 10.0. The Balaban J connectivity index is -0.000000844. The molecule has 1 unspecified atom stereocenters. The van der Waals surface area contributed by atoms with Gasteiger partial charge in [-0.25, -0.2) is 14.8 Å². The van der Waals surface area contributed by atoms with Crippen molar-refractivity contribution in [2.75, 3.05) is 26.2 Å². The van der Waals surface area contributed by atoms with Gasteiger partial charge in [0.2, 0.25) is 5.84 Å². The zero-order valence-electron chi connectivity index (χ0n) is 40.4. The lowest BCUT2D eigenvalue weighted by Gasteiger charge is -2.32. The molecule has 0 amide bonds. The molecule has 8 rings (SSSR count). The minimum atomic E-state index is -1.62. The Labute approximate surface area is 368 Å². The molecule has 0 bridgehead atoms. The van der Waals surface area contributed by atoms with E-state index >= 15 is 0 Å². The van der Waals surface area contributed by atoms with Crippen LogP contribution < -0.4 is 15.1 Å². The third-order valence-corrected chi connectivity index (χ3v) is 6.57. The van der Waals surface area contributed by atoms with Gasteiger partial charge in [-0.2, -0.15) is 10.2 Å². The van der Waals surface area contributed by atoms with Crippen LogP contribution in [0, 0.1) is 6.92 Å². The molecule has 12 nitrogen and oxygen atoms in total. The average molecular weight is 839 g/mol. The summed E-state index contributed by atoms with van der Waals surface area (Å²) in [5, 5.41) is 21.2. The lowest BCUT2D eigenvalue weighted by atomic mass is 10.1. The number of anilines is 1. The molecule has 1 atom stereocenters. The predicted octanol–water partition coefficient (Wildman–Crippen LogP) is 14.0. The zero-order valence-corrected chi connectivity index (χ0v) is 40.4. The van der Waals surface area contributed by atoms with E-state index in [4.69, 9.17) is 14.6 Å². The van der Waals surface area contributed by atoms with Crippen LogP contribution in [0.2, 0.25) is 0 Å². The summed E-state index contributed by atoms with van der Waals surface area (Å²) in [6, 6.07) is 34.1. The molecule has 1 spiro atoms. The number of hydrogen-bond acceptors (Lipinski definition) is 11. The Morgan fingerprint density at radius 1 is 0.656 bits per heavy atom. The maximum Gasteiger partial charge on any atom is 0.626 e. The number of para-hydroxylation sites is 3. The molecule has 0 fully saturated rings. The topological polar surface area (TPSA) is 129 Å². The summed E-state index contributed by atoms with van der Waals surface area (Å²) in [5.74, 6) is 0.565. The van der Waals surface area contributed by atoms with Crippen LogP contribution in [0.25, 0.3) is 0 Å². The molecule has 0 radical (unpaired) electrons. The summed E-state index contributed by atoms with van der Waals surface area (Å²) in [7, 11) is 5.41. The van der Waals surface area contributed by atoms with Crippen molar-refractivity contribution >= 4 is 28.9 Å². The van der Waals surface area contributed by atoms with Gasteiger partial charge in [0.05, 0.1) is 5.69 Å². The van der Waals surface area contributed by atoms with E-state index in [0.29, 0.717) is 28.5 Å². The van der Waals surface area contributed by atoms with E-state index in [1.807, 2.05) is 221 Å². The van der Waals surface area contributed by atoms with Gasteiger partial charge in [0.1, 0.15) is 17.6 Å². The van der Waals surface area contributed by atoms with Crippen LogP contribution in [0.1, 0.15) is 119 Å². The number of nitrogens with zero attached hydrogens (tertiary/aromatic N) is 8. The fourth-order valence-corrected chi connectivity index (χ4v) is 4.57. The first-order chi connectivity index (χ1) is 30.0. The number of aryl methyl sites for hydroxylation is 1. The number of amidine groups is 1. The van der Waals surface area contributed by atoms with Crippen LogP contribution in [-0.2, 0) is 4.74 Å². The lowest BCUT2D eigenvalue weighted by Crippen LogP contribution is -2.61. The van der Waals surface area contributed by atoms with Gasteiger partial charge in [0, 0.05) is 40.4 Å². The number of fused-ring (bicyclic) bond motifs is 4. The predicted molar refractivity (Wildman–Crippen MR) is 258 cm³/mol. The summed E-state index contributed by atoms with van der Waals surface area (Å²) in [5.41, 5.74) is 4.47. The largest absolute Gasteiger partial charge is 0.626 e. The van der Waals surface area contributed by atoms with E-state index < -0.39 is 12.0 Å². The molecule has 334 valence electrons. The highest BCUT2D eigenvalue weighted by Gasteiger charge is 2.69. The fraction of sp³-hybridized carbons (Fsp3) is 0.388. The molecule has 61 heavy (non-hydrogen) atoms. The third-order valence-electron chi connectivity index (χ3n) is 6.57. The number of ether oxygens (including phenoxy) is 2. The highest BCUT2D eigenvalue weighted by atomic mass is 16.8. The molecule has 4 aromatic carbocycles. The lowest BCUT2D eigenvalue weighted by molar-refractivity contribution is -0.687. The van der Waals surface area contributed by atoms with Gasteiger partial charge in [-0.1, -0.05) is 170 Å². The van der Waals surface area contributed by atoms with Crippen molar-refractivity contribution in [3.63, 3.8) is 0 Å². The number of carbonyl (C=O) groups excluding carboxylic acids is 1. The Bertz CT molecular complexity index is 1890. The number of nitrogens with one attached hydrogen (secondary N) is 1. The highest BCUT2D eigenvalue weighted by Crippen LogP contribution is 2.49. The summed E-state index contributed by atoms with van der Waals surface area (Å²) in [6.07, 6.45) is 3.26. The summed E-state index contributed by atoms with van der Waals surface area (Å²) in [6.45, 7) is 29.9. The smallest absolute Gasteiger partial charge is 0.375 e. The molecule has 3 aliphatic heterocycles. The van der Waals surface area contributed by atoms with E-state index in [-0.39, 0.29) is 0 Å². The number of esters is 1. The van der Waals surface area contributed by atoms with Crippen LogP contribution in [0.5, 0.6) is 5.75 Å². The van der Waals surface area contributed by atoms with Crippen molar-refractivity contribution in [3.8, 4) is 5.75 Å². The third kappa shape index (κ3) is 18.3. The van der Waals surface area contributed by atoms with Crippen molar-refractivity contribution in [3.05, 3.63) is 145 Å². The van der Waals surface area contributed by atoms with Crippen LogP contribution in [-0.4, -0.2) is 53.6 Å². The molecule has 12 heteroatoms. The number of hydrogen-bond donors (Lipinski definition) is 1. The molecule has 0 saturated carbocycles. The van der Waals surface area contributed by atoms with Crippen molar-refractivity contribution in [2.45, 2.75) is 110 Å². The van der Waals surface area contributed by atoms with Gasteiger partial charge >= 0.3 is 12.0 Å². The molecular formula is C49H76N9O3+. The molecule has 1 aromatic heterocycles. The normalized spacial score (nSPS) is 13.3. The highest BCUT2D eigenvalue weighted by molar-refractivity contribution is 6.00. The zero-order chi connectivity index (χ0) is 47.1. The van der Waals surface area contributed by atoms with Crippen molar-refractivity contribution in [1.82, 2.24) is 15.3 Å². The monoisotopic (exact) mass is 839 g/mol. The van der Waals surface area contributed by atoms with Gasteiger partial charge in [0.25, 0.3) is 5.69 Å². The summed E-state index contributed by atoms with van der Waals surface area (Å²) >= 11 is 0. The molecule has 0 aliphatic carbocycles. The van der Waals surface area contributed by atoms with Crippen molar-refractivity contribution in [2.24, 2.45) is 20.4 Å². The van der Waals surface area contributed by atoms with Gasteiger partial charge in [-0.05, 0) is 57.4 Å². The van der Waals surface area contributed by atoms with E-state index in [0.717, 1.165) is 16.9 Å². The second kappa shape index (κ2) is 38.1. The quantitative estimate of drug-likeness (QED) is 0.106. The molecule has 4 heterocycles. The molecule has 5 aromatic rings. The van der Waals surface area contributed by atoms with Gasteiger partial charge in [0.15, 0.2) is 5.75 Å². The number of rotatable bonds is 2. The van der Waals surface area contributed by atoms with Crippen LogP contribution >= 0.6 is 0 Å². The van der Waals surface area contributed by atoms with E-state index in [1.54, 1.807) is 35.1 Å². The fourth-order valence-electron chi connectivity index (χ4n) is 4.57. The first-order valence-electron chi connectivity index (χ1n) is 21.7. The minimum absolute atomic E-state index is 0.422. The van der Waals surface area contributed by atoms with E-state index in [1.165, 1.54) is 6.33 Å². The van der Waals surface area contributed by atoms with Crippen molar-refractivity contribution in [1.29, 1.82) is 0 Å². The Morgan fingerprint density at radius 3 is 1.67 bits per heavy atom. The minimum Gasteiger partial charge on any atom is -0.375 e. The molecule has 3 aliphatic rings. The number of carbonyl (C=O) groups is 1. The van der Waals surface area contributed by atoms with Gasteiger partial charge < -0.3 is 14.8 Å². The number of benzene rings is 4. The number of hydrazone groups is 1. The Kier molecular flexibility index (Phi) is 36.9. The SMILES string of the molecule is CC.CC.CC.CC.CC.CC.CC.CN=Nc1ccccc1.CNC.Cc1ccncn1.O=C1OC23Oc4ccccc4N2N=C(c2ccccc2)N=[N+]3c2ccccc21.